The highest BCUT2D eigenvalue weighted by Gasteiger charge is 2.10. The van der Waals surface area contributed by atoms with E-state index in [0.29, 0.717) is 27.5 Å². The molecule has 0 atom stereocenters. The maximum atomic E-state index is 6.08. The molecule has 0 bridgehead atoms. The molecule has 8 heteroatoms. The SMILES string of the molecule is Cc1cc(C)cc(NC(=S)Nc2nn(Cc3ccc(Cl)c(Cl)c3)cc2Br)c1. The van der Waals surface area contributed by atoms with E-state index in [4.69, 9.17) is 35.4 Å². The number of aromatic nitrogens is 2. The van der Waals surface area contributed by atoms with Crippen LogP contribution in [0.15, 0.2) is 47.1 Å². The third-order valence-corrected chi connectivity index (χ3v) is 5.28. The van der Waals surface area contributed by atoms with Crippen LogP contribution in [0.3, 0.4) is 0 Å². The van der Waals surface area contributed by atoms with Crippen molar-refractivity contribution in [2.24, 2.45) is 0 Å². The van der Waals surface area contributed by atoms with E-state index in [1.54, 1.807) is 10.7 Å². The van der Waals surface area contributed by atoms with Crippen molar-refractivity contribution in [3.05, 3.63) is 73.8 Å². The van der Waals surface area contributed by atoms with Crippen molar-refractivity contribution in [2.75, 3.05) is 10.6 Å². The van der Waals surface area contributed by atoms with Gasteiger partial charge in [-0.3, -0.25) is 4.68 Å². The first-order valence-electron chi connectivity index (χ1n) is 8.13. The van der Waals surface area contributed by atoms with E-state index < -0.39 is 0 Å². The number of anilines is 2. The molecule has 0 saturated heterocycles. The van der Waals surface area contributed by atoms with Gasteiger partial charge >= 0.3 is 0 Å². The monoisotopic (exact) mass is 482 g/mol. The number of hydrogen-bond acceptors (Lipinski definition) is 2. The quantitative estimate of drug-likeness (QED) is 0.419. The van der Waals surface area contributed by atoms with Gasteiger partial charge in [-0.2, -0.15) is 5.10 Å². The summed E-state index contributed by atoms with van der Waals surface area (Å²) in [6.07, 6.45) is 1.88. The molecular weight excluding hydrogens is 467 g/mol. The van der Waals surface area contributed by atoms with E-state index in [-0.39, 0.29) is 0 Å². The smallest absolute Gasteiger partial charge is 0.176 e. The van der Waals surface area contributed by atoms with Gasteiger partial charge in [-0.15, -0.1) is 0 Å². The molecule has 0 aliphatic heterocycles. The van der Waals surface area contributed by atoms with Crippen LogP contribution in [-0.4, -0.2) is 14.9 Å². The van der Waals surface area contributed by atoms with Gasteiger partial charge in [0.1, 0.15) is 0 Å². The van der Waals surface area contributed by atoms with Crippen molar-refractivity contribution in [1.82, 2.24) is 9.78 Å². The third kappa shape index (κ3) is 5.45. The van der Waals surface area contributed by atoms with E-state index in [2.05, 4.69) is 51.6 Å². The summed E-state index contributed by atoms with van der Waals surface area (Å²) in [6.45, 7) is 4.67. The zero-order valence-corrected chi connectivity index (χ0v) is 18.6. The molecule has 0 amide bonds. The van der Waals surface area contributed by atoms with Crippen molar-refractivity contribution in [3.8, 4) is 0 Å². The number of aryl methyl sites for hydroxylation is 2. The Morgan fingerprint density at radius 1 is 1.07 bits per heavy atom. The zero-order valence-electron chi connectivity index (χ0n) is 14.7. The number of rotatable bonds is 4. The molecule has 3 aromatic rings. The maximum absolute atomic E-state index is 6.08. The molecule has 1 heterocycles. The number of benzene rings is 2. The molecule has 2 aromatic carbocycles. The summed E-state index contributed by atoms with van der Waals surface area (Å²) in [5.74, 6) is 0.636. The third-order valence-electron chi connectivity index (χ3n) is 3.76. The maximum Gasteiger partial charge on any atom is 0.176 e. The molecule has 27 heavy (non-hydrogen) atoms. The van der Waals surface area contributed by atoms with Gasteiger partial charge in [-0.1, -0.05) is 35.3 Å². The molecule has 140 valence electrons. The lowest BCUT2D eigenvalue weighted by molar-refractivity contribution is 0.689. The fourth-order valence-electron chi connectivity index (χ4n) is 2.70. The lowest BCUT2D eigenvalue weighted by Crippen LogP contribution is -2.20. The highest BCUT2D eigenvalue weighted by Crippen LogP contribution is 2.25. The first-order valence-corrected chi connectivity index (χ1v) is 10.1. The molecule has 0 aliphatic rings. The van der Waals surface area contributed by atoms with Crippen molar-refractivity contribution in [1.29, 1.82) is 0 Å². The van der Waals surface area contributed by atoms with Gasteiger partial charge in [0, 0.05) is 11.9 Å². The first kappa shape index (κ1) is 20.1. The summed E-state index contributed by atoms with van der Waals surface area (Å²) in [5, 5.41) is 12.4. The minimum Gasteiger partial charge on any atom is -0.332 e. The second-order valence-corrected chi connectivity index (χ2v) is 8.30. The van der Waals surface area contributed by atoms with E-state index in [1.165, 1.54) is 11.1 Å². The molecule has 0 fully saturated rings. The van der Waals surface area contributed by atoms with Crippen LogP contribution in [0.25, 0.3) is 0 Å². The predicted molar refractivity (Wildman–Crippen MR) is 121 cm³/mol. The Hall–Kier alpha value is -1.60. The molecule has 3 rings (SSSR count). The second-order valence-electron chi connectivity index (χ2n) is 6.23. The summed E-state index contributed by atoms with van der Waals surface area (Å²) in [7, 11) is 0. The Morgan fingerprint density at radius 3 is 2.44 bits per heavy atom. The molecule has 0 unspecified atom stereocenters. The lowest BCUT2D eigenvalue weighted by atomic mass is 10.1. The van der Waals surface area contributed by atoms with Crippen LogP contribution in [0.1, 0.15) is 16.7 Å². The minimum absolute atomic E-state index is 0.473. The van der Waals surface area contributed by atoms with Gasteiger partial charge in [0.25, 0.3) is 0 Å². The Morgan fingerprint density at radius 2 is 1.78 bits per heavy atom. The number of halogens is 3. The molecular formula is C19H17BrCl2N4S. The highest BCUT2D eigenvalue weighted by molar-refractivity contribution is 9.10. The van der Waals surface area contributed by atoms with E-state index in [9.17, 15) is 0 Å². The molecule has 0 aliphatic carbocycles. The molecule has 2 N–H and O–H groups in total. The molecule has 4 nitrogen and oxygen atoms in total. The summed E-state index contributed by atoms with van der Waals surface area (Å²) in [5.41, 5.74) is 4.29. The number of hydrogen-bond donors (Lipinski definition) is 2. The summed E-state index contributed by atoms with van der Waals surface area (Å²) in [6, 6.07) is 11.7. The molecule has 0 spiro atoms. The first-order chi connectivity index (χ1) is 12.8. The summed E-state index contributed by atoms with van der Waals surface area (Å²) < 4.78 is 2.61. The second kappa shape index (κ2) is 8.61. The Kier molecular flexibility index (Phi) is 6.42. The van der Waals surface area contributed by atoms with Gasteiger partial charge in [0.15, 0.2) is 10.9 Å². The normalized spacial score (nSPS) is 10.7. The summed E-state index contributed by atoms with van der Waals surface area (Å²) >= 11 is 21.0. The van der Waals surface area contributed by atoms with E-state index in [1.807, 2.05) is 30.5 Å². The Labute approximate surface area is 182 Å². The van der Waals surface area contributed by atoms with Gasteiger partial charge in [0.05, 0.1) is 21.1 Å². The van der Waals surface area contributed by atoms with Crippen LogP contribution < -0.4 is 10.6 Å². The van der Waals surface area contributed by atoms with Crippen molar-refractivity contribution in [3.63, 3.8) is 0 Å². The Balaban J connectivity index is 1.68. The van der Waals surface area contributed by atoms with Crippen LogP contribution in [-0.2, 0) is 6.54 Å². The van der Waals surface area contributed by atoms with Gasteiger partial charge < -0.3 is 10.6 Å². The fraction of sp³-hybridized carbons (Fsp3) is 0.158. The van der Waals surface area contributed by atoms with Crippen LogP contribution in [0, 0.1) is 13.8 Å². The van der Waals surface area contributed by atoms with Gasteiger partial charge in [0.2, 0.25) is 0 Å². The fourth-order valence-corrected chi connectivity index (χ4v) is 3.65. The molecule has 0 radical (unpaired) electrons. The molecule has 0 saturated carbocycles. The lowest BCUT2D eigenvalue weighted by Gasteiger charge is -2.10. The van der Waals surface area contributed by atoms with Gasteiger partial charge in [-0.25, -0.2) is 0 Å². The van der Waals surface area contributed by atoms with E-state index >= 15 is 0 Å². The van der Waals surface area contributed by atoms with Gasteiger partial charge in [-0.05, 0) is 83.0 Å². The number of nitrogens with zero attached hydrogens (tertiary/aromatic N) is 2. The van der Waals surface area contributed by atoms with Crippen LogP contribution >= 0.6 is 51.3 Å². The Bertz CT molecular complexity index is 983. The summed E-state index contributed by atoms with van der Waals surface area (Å²) in [4.78, 5) is 0. The minimum atomic E-state index is 0.473. The van der Waals surface area contributed by atoms with Crippen molar-refractivity contribution >= 4 is 68.0 Å². The topological polar surface area (TPSA) is 41.9 Å². The predicted octanol–water partition coefficient (Wildman–Crippen LogP) is 6.43. The largest absolute Gasteiger partial charge is 0.332 e. The van der Waals surface area contributed by atoms with Crippen LogP contribution in [0.2, 0.25) is 10.0 Å². The zero-order chi connectivity index (χ0) is 19.6. The highest BCUT2D eigenvalue weighted by atomic mass is 79.9. The average Bonchev–Trinajstić information content (AvgIpc) is 2.89. The average molecular weight is 484 g/mol. The number of thiocarbonyl (C=S) groups is 1. The van der Waals surface area contributed by atoms with Crippen LogP contribution in [0.5, 0.6) is 0 Å². The van der Waals surface area contributed by atoms with Crippen LogP contribution in [0.4, 0.5) is 11.5 Å². The van der Waals surface area contributed by atoms with E-state index in [0.717, 1.165) is 15.7 Å². The van der Waals surface area contributed by atoms with Crippen molar-refractivity contribution < 1.29 is 0 Å². The standard InChI is InChI=1S/C19H17BrCl2N4S/c1-11-5-12(2)7-14(6-11)23-19(27)24-18-15(20)10-26(25-18)9-13-3-4-16(21)17(22)8-13/h3-8,10H,9H2,1-2H3,(H2,23,24,25,27). The number of nitrogens with one attached hydrogen (secondary N) is 2. The molecule has 1 aromatic heterocycles. The van der Waals surface area contributed by atoms with Crippen molar-refractivity contribution in [2.45, 2.75) is 20.4 Å².